The van der Waals surface area contributed by atoms with Gasteiger partial charge in [-0.05, 0) is 41.5 Å². The maximum atomic E-state index is 10.1. The highest BCUT2D eigenvalue weighted by Gasteiger charge is 2.04. The van der Waals surface area contributed by atoms with Crippen LogP contribution in [0.4, 0.5) is 0 Å². The van der Waals surface area contributed by atoms with Crippen molar-refractivity contribution >= 4 is 6.08 Å². The molecule has 1 atom stereocenters. The predicted molar refractivity (Wildman–Crippen MR) is 103 cm³/mol. The van der Waals surface area contributed by atoms with Crippen LogP contribution in [0.2, 0.25) is 0 Å². The second-order valence-corrected chi connectivity index (χ2v) is 5.72. The van der Waals surface area contributed by atoms with Gasteiger partial charge in [-0.2, -0.15) is 0 Å². The molecule has 0 saturated carbocycles. The van der Waals surface area contributed by atoms with Crippen LogP contribution in [0.25, 0.3) is 17.2 Å². The van der Waals surface area contributed by atoms with E-state index in [4.69, 9.17) is 9.47 Å². The van der Waals surface area contributed by atoms with Gasteiger partial charge in [0.15, 0.2) is 0 Å². The Bertz CT molecular complexity index is 845. The van der Waals surface area contributed by atoms with Crippen molar-refractivity contribution in [3.05, 3.63) is 84.7 Å². The number of aromatic nitrogens is 1. The highest BCUT2D eigenvalue weighted by Crippen LogP contribution is 2.22. The average molecular weight is 347 g/mol. The van der Waals surface area contributed by atoms with Gasteiger partial charge in [-0.15, -0.1) is 0 Å². The molecule has 1 unspecified atom stereocenters. The number of pyridine rings is 1. The molecule has 3 rings (SSSR count). The fraction of sp³-hybridized carbons (Fsp3) is 0.136. The zero-order valence-corrected chi connectivity index (χ0v) is 14.6. The number of aliphatic hydroxyl groups excluding tert-OH is 1. The first-order valence-electron chi connectivity index (χ1n) is 8.40. The lowest BCUT2D eigenvalue weighted by atomic mass is 10.1. The van der Waals surface area contributed by atoms with Crippen molar-refractivity contribution in [1.82, 2.24) is 4.98 Å². The smallest absolute Gasteiger partial charge is 0.144 e. The normalized spacial score (nSPS) is 12.1. The Morgan fingerprint density at radius 1 is 0.962 bits per heavy atom. The molecule has 0 bridgehead atoms. The molecule has 4 heteroatoms. The molecule has 26 heavy (non-hydrogen) atoms. The van der Waals surface area contributed by atoms with Gasteiger partial charge in [0.05, 0.1) is 7.11 Å². The number of hydrogen-bond donors (Lipinski definition) is 1. The van der Waals surface area contributed by atoms with Crippen molar-refractivity contribution in [2.45, 2.75) is 6.10 Å². The van der Waals surface area contributed by atoms with Gasteiger partial charge in [-0.25, -0.2) is 0 Å². The summed E-state index contributed by atoms with van der Waals surface area (Å²) in [6.45, 7) is 0.163. The first-order valence-corrected chi connectivity index (χ1v) is 8.40. The molecule has 1 N–H and O–H groups in total. The van der Waals surface area contributed by atoms with Gasteiger partial charge in [-0.1, -0.05) is 48.5 Å². The number of aliphatic hydroxyl groups is 1. The summed E-state index contributed by atoms with van der Waals surface area (Å²) >= 11 is 0. The largest absolute Gasteiger partial charge is 0.494 e. The van der Waals surface area contributed by atoms with Crippen LogP contribution in [-0.4, -0.2) is 29.9 Å². The second kappa shape index (κ2) is 8.83. The molecule has 0 fully saturated rings. The Kier molecular flexibility index (Phi) is 6.01. The molecule has 0 aliphatic rings. The quantitative estimate of drug-likeness (QED) is 0.695. The molecule has 2 aromatic carbocycles. The number of benzene rings is 2. The minimum Gasteiger partial charge on any atom is -0.494 e. The summed E-state index contributed by atoms with van der Waals surface area (Å²) in [5, 5.41) is 10.1. The highest BCUT2D eigenvalue weighted by molar-refractivity contribution is 5.63. The van der Waals surface area contributed by atoms with E-state index in [0.29, 0.717) is 17.2 Å². The van der Waals surface area contributed by atoms with Crippen LogP contribution in [0.5, 0.6) is 11.5 Å². The van der Waals surface area contributed by atoms with E-state index in [0.717, 1.165) is 11.1 Å². The maximum absolute atomic E-state index is 10.1. The van der Waals surface area contributed by atoms with Crippen LogP contribution in [0, 0.1) is 0 Å². The van der Waals surface area contributed by atoms with Crippen molar-refractivity contribution in [1.29, 1.82) is 0 Å². The van der Waals surface area contributed by atoms with Crippen LogP contribution < -0.4 is 9.47 Å². The Morgan fingerprint density at radius 3 is 2.42 bits per heavy atom. The Labute approximate surface area is 153 Å². The van der Waals surface area contributed by atoms with E-state index in [-0.39, 0.29) is 6.61 Å². The molecule has 0 radical (unpaired) electrons. The lowest BCUT2D eigenvalue weighted by Crippen LogP contribution is -2.14. The highest BCUT2D eigenvalue weighted by atomic mass is 16.5. The fourth-order valence-corrected chi connectivity index (χ4v) is 2.51. The molecule has 0 amide bonds. The molecular weight excluding hydrogens is 326 g/mol. The summed E-state index contributed by atoms with van der Waals surface area (Å²) in [5.74, 6) is 1.38. The summed E-state index contributed by atoms with van der Waals surface area (Å²) in [6, 6.07) is 21.6. The van der Waals surface area contributed by atoms with Gasteiger partial charge in [0.25, 0.3) is 0 Å². The van der Waals surface area contributed by atoms with Crippen LogP contribution in [0.3, 0.4) is 0 Å². The lowest BCUT2D eigenvalue weighted by molar-refractivity contribution is 0.145. The lowest BCUT2D eigenvalue weighted by Gasteiger charge is -2.10. The third-order valence-electron chi connectivity index (χ3n) is 3.88. The zero-order valence-electron chi connectivity index (χ0n) is 14.6. The number of methoxy groups -OCH3 is 1. The summed E-state index contributed by atoms with van der Waals surface area (Å²) in [6.07, 6.45) is 4.31. The summed E-state index contributed by atoms with van der Waals surface area (Å²) in [5.41, 5.74) is 2.95. The van der Waals surface area contributed by atoms with Gasteiger partial charge in [0.2, 0.25) is 0 Å². The van der Waals surface area contributed by atoms with Crippen LogP contribution in [-0.2, 0) is 0 Å². The average Bonchev–Trinajstić information content (AvgIpc) is 2.72. The molecule has 4 nitrogen and oxygen atoms in total. The van der Waals surface area contributed by atoms with Gasteiger partial charge in [0, 0.05) is 6.20 Å². The summed E-state index contributed by atoms with van der Waals surface area (Å²) < 4.78 is 10.9. The van der Waals surface area contributed by atoms with E-state index in [1.165, 1.54) is 0 Å². The number of hydrogen-bond acceptors (Lipinski definition) is 4. The summed E-state index contributed by atoms with van der Waals surface area (Å²) in [7, 11) is 1.59. The van der Waals surface area contributed by atoms with E-state index in [9.17, 15) is 5.11 Å². The van der Waals surface area contributed by atoms with E-state index >= 15 is 0 Å². The molecular formula is C22H21NO3. The Balaban J connectivity index is 1.56. The van der Waals surface area contributed by atoms with Gasteiger partial charge < -0.3 is 14.6 Å². The van der Waals surface area contributed by atoms with Crippen molar-refractivity contribution in [2.75, 3.05) is 13.7 Å². The van der Waals surface area contributed by atoms with Gasteiger partial charge >= 0.3 is 0 Å². The molecule has 0 aliphatic carbocycles. The minimum atomic E-state index is -0.740. The first-order chi connectivity index (χ1) is 12.8. The number of nitrogens with zero attached hydrogens (tertiary/aromatic N) is 1. The van der Waals surface area contributed by atoms with Crippen molar-refractivity contribution in [2.24, 2.45) is 0 Å². The number of ether oxygens (including phenoxy) is 2. The minimum absolute atomic E-state index is 0.163. The van der Waals surface area contributed by atoms with Crippen molar-refractivity contribution < 1.29 is 14.6 Å². The molecule has 3 aromatic rings. The molecule has 0 aliphatic heterocycles. The van der Waals surface area contributed by atoms with Gasteiger partial charge in [-0.3, -0.25) is 4.98 Å². The monoisotopic (exact) mass is 347 g/mol. The van der Waals surface area contributed by atoms with Crippen LogP contribution in [0.15, 0.2) is 79.0 Å². The molecule has 0 spiro atoms. The van der Waals surface area contributed by atoms with E-state index in [1.54, 1.807) is 31.5 Å². The molecule has 1 heterocycles. The first kappa shape index (κ1) is 17.7. The SMILES string of the molecule is COc1cccnc1C=CC(O)COc1ccc(-c2ccccc2)cc1. The molecule has 132 valence electrons. The van der Waals surface area contributed by atoms with Crippen molar-refractivity contribution in [3.63, 3.8) is 0 Å². The summed E-state index contributed by atoms with van der Waals surface area (Å²) in [4.78, 5) is 4.21. The second-order valence-electron chi connectivity index (χ2n) is 5.72. The predicted octanol–water partition coefficient (Wildman–Crippen LogP) is 4.21. The Morgan fingerprint density at radius 2 is 1.69 bits per heavy atom. The third kappa shape index (κ3) is 4.71. The molecule has 0 saturated heterocycles. The standard InChI is InChI=1S/C22H21NO3/c1-25-22-8-5-15-23-21(22)14-11-19(24)16-26-20-12-9-18(10-13-20)17-6-3-2-4-7-17/h2-15,19,24H,16H2,1H3. The maximum Gasteiger partial charge on any atom is 0.144 e. The van der Waals surface area contributed by atoms with Crippen LogP contribution >= 0.6 is 0 Å². The Hall–Kier alpha value is -3.11. The van der Waals surface area contributed by atoms with E-state index in [2.05, 4.69) is 17.1 Å². The topological polar surface area (TPSA) is 51.6 Å². The third-order valence-corrected chi connectivity index (χ3v) is 3.88. The zero-order chi connectivity index (χ0) is 18.2. The van der Waals surface area contributed by atoms with E-state index in [1.807, 2.05) is 48.5 Å². The number of rotatable bonds is 7. The fourth-order valence-electron chi connectivity index (χ4n) is 2.51. The van der Waals surface area contributed by atoms with Gasteiger partial charge in [0.1, 0.15) is 29.9 Å². The molecule has 1 aromatic heterocycles. The van der Waals surface area contributed by atoms with Crippen LogP contribution in [0.1, 0.15) is 5.69 Å². The van der Waals surface area contributed by atoms with E-state index < -0.39 is 6.10 Å². The van der Waals surface area contributed by atoms with Crippen molar-refractivity contribution in [3.8, 4) is 22.6 Å².